The summed E-state index contributed by atoms with van der Waals surface area (Å²) in [5.41, 5.74) is 0.470. The second kappa shape index (κ2) is 6.93. The van der Waals surface area contributed by atoms with Crippen LogP contribution in [-0.2, 0) is 20.6 Å². The summed E-state index contributed by atoms with van der Waals surface area (Å²) in [5, 5.41) is 0.349. The number of halogens is 3. The Bertz CT molecular complexity index is 519. The lowest BCUT2D eigenvalue weighted by atomic mass is 10.2. The first-order chi connectivity index (χ1) is 8.42. The smallest absolute Gasteiger partial charge is 0.242 e. The zero-order valence-electron chi connectivity index (χ0n) is 9.54. The Labute approximate surface area is 121 Å². The van der Waals surface area contributed by atoms with Crippen molar-refractivity contribution in [3.05, 3.63) is 27.7 Å². The number of rotatable bonds is 6. The Morgan fingerprint density at radius 3 is 2.56 bits per heavy atom. The van der Waals surface area contributed by atoms with E-state index in [1.54, 1.807) is 0 Å². The topological polar surface area (TPSA) is 55.4 Å². The highest BCUT2D eigenvalue weighted by atomic mass is 35.5. The quantitative estimate of drug-likeness (QED) is 0.643. The zero-order chi connectivity index (χ0) is 13.8. The van der Waals surface area contributed by atoms with Crippen molar-refractivity contribution >= 4 is 44.8 Å². The molecule has 0 atom stereocenters. The Morgan fingerprint density at radius 2 is 2.00 bits per heavy atom. The van der Waals surface area contributed by atoms with E-state index in [4.69, 9.17) is 39.5 Å². The summed E-state index contributed by atoms with van der Waals surface area (Å²) < 4.78 is 31.1. The van der Waals surface area contributed by atoms with Crippen LogP contribution in [0.2, 0.25) is 10.0 Å². The number of nitrogens with one attached hydrogen (secondary N) is 1. The monoisotopic (exact) mass is 331 g/mol. The molecule has 4 nitrogen and oxygen atoms in total. The van der Waals surface area contributed by atoms with Crippen LogP contribution in [-0.4, -0.2) is 28.7 Å². The van der Waals surface area contributed by atoms with Gasteiger partial charge in [-0.25, -0.2) is 13.1 Å². The third-order valence-corrected chi connectivity index (χ3v) is 4.66. The van der Waals surface area contributed by atoms with Gasteiger partial charge in [-0.15, -0.1) is 11.6 Å². The van der Waals surface area contributed by atoms with Crippen molar-refractivity contribution in [3.8, 4) is 0 Å². The average molecular weight is 333 g/mol. The number of hydrogen-bond donors (Lipinski definition) is 1. The van der Waals surface area contributed by atoms with Gasteiger partial charge in [0, 0.05) is 24.6 Å². The normalized spacial score (nSPS) is 11.8. The van der Waals surface area contributed by atoms with Crippen molar-refractivity contribution in [2.24, 2.45) is 0 Å². The number of hydrogen-bond acceptors (Lipinski definition) is 3. The molecule has 18 heavy (non-hydrogen) atoms. The minimum atomic E-state index is -3.72. The fourth-order valence-electron chi connectivity index (χ4n) is 1.27. The summed E-state index contributed by atoms with van der Waals surface area (Å²) in [6.45, 7) is 0.414. The van der Waals surface area contributed by atoms with Crippen LogP contribution in [0.25, 0.3) is 0 Å². The van der Waals surface area contributed by atoms with Crippen LogP contribution in [0.1, 0.15) is 5.56 Å². The van der Waals surface area contributed by atoms with Gasteiger partial charge in [-0.05, 0) is 17.7 Å². The molecule has 0 radical (unpaired) electrons. The van der Waals surface area contributed by atoms with Crippen LogP contribution < -0.4 is 4.72 Å². The van der Waals surface area contributed by atoms with Gasteiger partial charge in [0.1, 0.15) is 4.90 Å². The van der Waals surface area contributed by atoms with Gasteiger partial charge in [0.05, 0.1) is 11.6 Å². The van der Waals surface area contributed by atoms with Crippen molar-refractivity contribution < 1.29 is 13.2 Å². The number of alkyl halides is 1. The van der Waals surface area contributed by atoms with Gasteiger partial charge in [-0.1, -0.05) is 23.2 Å². The molecule has 0 unspecified atom stereocenters. The van der Waals surface area contributed by atoms with Crippen LogP contribution in [0.5, 0.6) is 0 Å². The third-order valence-electron chi connectivity index (χ3n) is 2.11. The second-order valence-electron chi connectivity index (χ2n) is 3.40. The molecule has 0 fully saturated rings. The van der Waals surface area contributed by atoms with E-state index in [-0.39, 0.29) is 34.0 Å². The maximum Gasteiger partial charge on any atom is 0.242 e. The second-order valence-corrected chi connectivity index (χ2v) is 6.22. The highest BCUT2D eigenvalue weighted by Gasteiger charge is 2.20. The van der Waals surface area contributed by atoms with Crippen LogP contribution in [0.3, 0.4) is 0 Å². The van der Waals surface area contributed by atoms with E-state index in [0.29, 0.717) is 5.56 Å². The standard InChI is InChI=1S/C10H12Cl3NO3S/c1-17-3-2-14-18(15,16)9-5-8(12)4-7(6-11)10(9)13/h4-5,14H,2-3,6H2,1H3. The third kappa shape index (κ3) is 3.98. The largest absolute Gasteiger partial charge is 0.383 e. The molecule has 0 aliphatic carbocycles. The van der Waals surface area contributed by atoms with Crippen molar-refractivity contribution in [1.82, 2.24) is 4.72 Å². The number of benzene rings is 1. The molecule has 0 aromatic heterocycles. The fourth-order valence-corrected chi connectivity index (χ4v) is 3.49. The minimum Gasteiger partial charge on any atom is -0.383 e. The molecule has 0 bridgehead atoms. The maximum absolute atomic E-state index is 12.0. The molecule has 0 saturated heterocycles. The van der Waals surface area contributed by atoms with Gasteiger partial charge in [0.25, 0.3) is 0 Å². The van der Waals surface area contributed by atoms with E-state index in [2.05, 4.69) is 4.72 Å². The molecule has 1 aromatic carbocycles. The van der Waals surface area contributed by atoms with E-state index >= 15 is 0 Å². The molecule has 0 amide bonds. The van der Waals surface area contributed by atoms with E-state index < -0.39 is 10.0 Å². The Balaban J connectivity index is 3.12. The predicted molar refractivity (Wildman–Crippen MR) is 73.1 cm³/mol. The first-order valence-electron chi connectivity index (χ1n) is 4.95. The Kier molecular flexibility index (Phi) is 6.17. The molecule has 1 rings (SSSR count). The van der Waals surface area contributed by atoms with Gasteiger partial charge in [-0.2, -0.15) is 0 Å². The molecule has 102 valence electrons. The summed E-state index contributed by atoms with van der Waals surface area (Å²) in [4.78, 5) is -0.0802. The van der Waals surface area contributed by atoms with Crippen molar-refractivity contribution in [2.75, 3.05) is 20.3 Å². The lowest BCUT2D eigenvalue weighted by Gasteiger charge is -2.11. The van der Waals surface area contributed by atoms with E-state index in [1.165, 1.54) is 19.2 Å². The summed E-state index contributed by atoms with van der Waals surface area (Å²) in [7, 11) is -2.24. The molecule has 0 aliphatic rings. The number of sulfonamides is 1. The highest BCUT2D eigenvalue weighted by Crippen LogP contribution is 2.30. The van der Waals surface area contributed by atoms with Crippen LogP contribution in [0, 0.1) is 0 Å². The van der Waals surface area contributed by atoms with E-state index in [0.717, 1.165) is 0 Å². The summed E-state index contributed by atoms with van der Waals surface area (Å²) in [5.74, 6) is 0.0833. The van der Waals surface area contributed by atoms with Crippen molar-refractivity contribution in [2.45, 2.75) is 10.8 Å². The lowest BCUT2D eigenvalue weighted by molar-refractivity contribution is 0.204. The zero-order valence-corrected chi connectivity index (χ0v) is 12.6. The molecule has 8 heteroatoms. The molecule has 0 saturated carbocycles. The Morgan fingerprint density at radius 1 is 1.33 bits per heavy atom. The van der Waals surface area contributed by atoms with Crippen LogP contribution >= 0.6 is 34.8 Å². The average Bonchev–Trinajstić information content (AvgIpc) is 2.31. The molecular formula is C10H12Cl3NO3S. The van der Waals surface area contributed by atoms with Crippen LogP contribution in [0.15, 0.2) is 17.0 Å². The molecule has 0 aliphatic heterocycles. The number of ether oxygens (including phenoxy) is 1. The van der Waals surface area contributed by atoms with E-state index in [9.17, 15) is 8.42 Å². The lowest BCUT2D eigenvalue weighted by Crippen LogP contribution is -2.27. The molecule has 0 heterocycles. The maximum atomic E-state index is 12.0. The first kappa shape index (κ1) is 16.0. The minimum absolute atomic E-state index is 0.0802. The molecular weight excluding hydrogens is 321 g/mol. The highest BCUT2D eigenvalue weighted by molar-refractivity contribution is 7.89. The molecule has 1 aromatic rings. The van der Waals surface area contributed by atoms with Gasteiger partial charge < -0.3 is 4.74 Å². The first-order valence-corrected chi connectivity index (χ1v) is 7.72. The predicted octanol–water partition coefficient (Wildman–Crippen LogP) is 2.66. The summed E-state index contributed by atoms with van der Waals surface area (Å²) in [6, 6.07) is 2.82. The van der Waals surface area contributed by atoms with Gasteiger partial charge >= 0.3 is 0 Å². The number of methoxy groups -OCH3 is 1. The van der Waals surface area contributed by atoms with Crippen molar-refractivity contribution in [1.29, 1.82) is 0 Å². The van der Waals surface area contributed by atoms with Gasteiger partial charge in [0.15, 0.2) is 0 Å². The van der Waals surface area contributed by atoms with Crippen molar-refractivity contribution in [3.63, 3.8) is 0 Å². The Hall–Kier alpha value is -0.0400. The van der Waals surface area contributed by atoms with Gasteiger partial charge in [-0.3, -0.25) is 0 Å². The van der Waals surface area contributed by atoms with E-state index in [1.807, 2.05) is 0 Å². The SMILES string of the molecule is COCCNS(=O)(=O)c1cc(Cl)cc(CCl)c1Cl. The molecule has 0 spiro atoms. The summed E-state index contributed by atoms with van der Waals surface area (Å²) in [6.07, 6.45) is 0. The van der Waals surface area contributed by atoms with Gasteiger partial charge in [0.2, 0.25) is 10.0 Å². The fraction of sp³-hybridized carbons (Fsp3) is 0.400. The molecule has 1 N–H and O–H groups in total. The van der Waals surface area contributed by atoms with Crippen LogP contribution in [0.4, 0.5) is 0 Å². The summed E-state index contributed by atoms with van der Waals surface area (Å²) >= 11 is 17.5.